The van der Waals surface area contributed by atoms with Crippen molar-refractivity contribution in [2.24, 2.45) is 0 Å². The van der Waals surface area contributed by atoms with Gasteiger partial charge in [0.2, 0.25) is 23.6 Å². The van der Waals surface area contributed by atoms with Gasteiger partial charge >= 0.3 is 5.97 Å². The monoisotopic (exact) mass is 670 g/mol. The van der Waals surface area contributed by atoms with Gasteiger partial charge in [0.25, 0.3) is 0 Å². The van der Waals surface area contributed by atoms with Crippen LogP contribution in [0.1, 0.15) is 128 Å². The van der Waals surface area contributed by atoms with E-state index in [0.29, 0.717) is 44.3 Å². The molecule has 4 N–H and O–H groups in total. The number of hydrogen-bond acceptors (Lipinski definition) is 6. The molecule has 0 spiro atoms. The third-order valence-corrected chi connectivity index (χ3v) is 9.62. The van der Waals surface area contributed by atoms with Crippen LogP contribution in [0.2, 0.25) is 0 Å². The Balaban J connectivity index is 1.36. The number of carbonyl (C=O) groups is 5. The Kier molecular flexibility index (Phi) is 17.3. The predicted octanol–water partition coefficient (Wildman–Crippen LogP) is 5.08. The first-order chi connectivity index (χ1) is 23.2. The second-order valence-electron chi connectivity index (χ2n) is 13.5. The van der Waals surface area contributed by atoms with Crippen LogP contribution in [0.15, 0.2) is 24.3 Å². The van der Waals surface area contributed by atoms with Crippen molar-refractivity contribution in [2.45, 2.75) is 147 Å². The van der Waals surface area contributed by atoms with Crippen molar-refractivity contribution >= 4 is 29.6 Å². The molecule has 1 aromatic carbocycles. The molecule has 2 heterocycles. The largest absolute Gasteiger partial charge is 0.508 e. The van der Waals surface area contributed by atoms with Crippen molar-refractivity contribution in [2.75, 3.05) is 19.6 Å². The van der Waals surface area contributed by atoms with Crippen LogP contribution in [0, 0.1) is 0 Å². The molecule has 0 radical (unpaired) electrons. The van der Waals surface area contributed by atoms with Crippen LogP contribution in [0.25, 0.3) is 0 Å². The van der Waals surface area contributed by atoms with Crippen molar-refractivity contribution in [1.29, 1.82) is 0 Å². The van der Waals surface area contributed by atoms with Crippen LogP contribution in [0.3, 0.4) is 0 Å². The normalized spacial score (nSPS) is 18.1. The Hall–Kier alpha value is -3.63. The molecule has 2 saturated heterocycles. The number of unbranched alkanes of at least 4 members (excludes halogenated alkanes) is 12. The highest BCUT2D eigenvalue weighted by molar-refractivity contribution is 5.94. The molecule has 0 bridgehead atoms. The number of carboxylic acids is 1. The summed E-state index contributed by atoms with van der Waals surface area (Å²) in [4.78, 5) is 67.3. The molecule has 11 nitrogen and oxygen atoms in total. The van der Waals surface area contributed by atoms with Crippen LogP contribution in [-0.2, 0) is 30.4 Å². The number of benzene rings is 1. The van der Waals surface area contributed by atoms with E-state index < -0.39 is 42.5 Å². The molecule has 3 rings (SSSR count). The van der Waals surface area contributed by atoms with Gasteiger partial charge < -0.3 is 30.6 Å². The number of hydrogen-bond donors (Lipinski definition) is 4. The maximum absolute atomic E-state index is 13.6. The van der Waals surface area contributed by atoms with E-state index in [0.717, 1.165) is 25.7 Å². The second-order valence-corrected chi connectivity index (χ2v) is 13.5. The van der Waals surface area contributed by atoms with E-state index in [1.807, 2.05) is 0 Å². The van der Waals surface area contributed by atoms with Gasteiger partial charge in [-0.25, -0.2) is 4.79 Å². The number of amides is 4. The Morgan fingerprint density at radius 2 is 1.31 bits per heavy atom. The molecule has 4 amide bonds. The molecule has 1 aromatic rings. The van der Waals surface area contributed by atoms with Crippen molar-refractivity contribution in [3.63, 3.8) is 0 Å². The third kappa shape index (κ3) is 13.1. The number of phenolic OH excluding ortho intramolecular Hbond substituents is 1. The number of nitrogens with zero attached hydrogens (tertiary/aromatic N) is 2. The highest BCUT2D eigenvalue weighted by atomic mass is 16.4. The molecule has 2 fully saturated rings. The Morgan fingerprint density at radius 1 is 0.771 bits per heavy atom. The van der Waals surface area contributed by atoms with Crippen LogP contribution in [0.5, 0.6) is 5.75 Å². The maximum Gasteiger partial charge on any atom is 0.326 e. The lowest BCUT2D eigenvalue weighted by molar-refractivity contribution is -0.146. The van der Waals surface area contributed by atoms with Crippen molar-refractivity contribution in [3.8, 4) is 5.75 Å². The van der Waals surface area contributed by atoms with Gasteiger partial charge in [0, 0.05) is 25.9 Å². The lowest BCUT2D eigenvalue weighted by atomic mass is 10.0. The fourth-order valence-electron chi connectivity index (χ4n) is 6.85. The molecule has 48 heavy (non-hydrogen) atoms. The number of carbonyl (C=O) groups excluding carboxylic acids is 4. The highest BCUT2D eigenvalue weighted by Crippen LogP contribution is 2.26. The van der Waals surface area contributed by atoms with Gasteiger partial charge in [0.05, 0.1) is 6.54 Å². The SMILES string of the molecule is CCCCCCCCCCCCCCCC(=O)N1CCC[C@H]1C(=O)N1CCC[C@H]1C(=O)NCC(=O)N[C@@H](Cc1ccc(O)cc1)C(=O)O. The average Bonchev–Trinajstić information content (AvgIpc) is 3.77. The minimum Gasteiger partial charge on any atom is -0.508 e. The van der Waals surface area contributed by atoms with Crippen molar-refractivity contribution in [1.82, 2.24) is 20.4 Å². The first kappa shape index (κ1) is 38.8. The van der Waals surface area contributed by atoms with Crippen LogP contribution < -0.4 is 10.6 Å². The first-order valence-corrected chi connectivity index (χ1v) is 18.4. The summed E-state index contributed by atoms with van der Waals surface area (Å²) in [7, 11) is 0. The first-order valence-electron chi connectivity index (χ1n) is 18.4. The number of carboxylic acid groups (broad SMARTS) is 1. The summed E-state index contributed by atoms with van der Waals surface area (Å²) in [6, 6.07) is 3.50. The second kappa shape index (κ2) is 21.4. The summed E-state index contributed by atoms with van der Waals surface area (Å²) in [5.41, 5.74) is 0.619. The molecule has 2 aliphatic heterocycles. The molecule has 2 aliphatic rings. The van der Waals surface area contributed by atoms with E-state index in [-0.39, 0.29) is 24.0 Å². The zero-order valence-electron chi connectivity index (χ0n) is 28.9. The van der Waals surface area contributed by atoms with Gasteiger partial charge in [0.1, 0.15) is 23.9 Å². The molecule has 0 aliphatic carbocycles. The fraction of sp³-hybridized carbons (Fsp3) is 0.703. The summed E-state index contributed by atoms with van der Waals surface area (Å²) in [6.07, 6.45) is 19.0. The topological polar surface area (TPSA) is 156 Å². The molecular formula is C37H58N4O7. The Bertz CT molecular complexity index is 1170. The van der Waals surface area contributed by atoms with Gasteiger partial charge in [0.15, 0.2) is 0 Å². The predicted molar refractivity (Wildman–Crippen MR) is 184 cm³/mol. The van der Waals surface area contributed by atoms with Crippen molar-refractivity contribution in [3.05, 3.63) is 29.8 Å². The maximum atomic E-state index is 13.6. The van der Waals surface area contributed by atoms with Gasteiger partial charge in [-0.1, -0.05) is 96.1 Å². The van der Waals surface area contributed by atoms with Crippen LogP contribution in [-0.4, -0.2) is 87.4 Å². The lowest BCUT2D eigenvalue weighted by Gasteiger charge is -2.31. The number of likely N-dealkylation sites (tertiary alicyclic amines) is 2. The molecule has 11 heteroatoms. The van der Waals surface area contributed by atoms with Gasteiger partial charge in [-0.3, -0.25) is 19.2 Å². The van der Waals surface area contributed by atoms with Crippen LogP contribution >= 0.6 is 0 Å². The van der Waals surface area contributed by atoms with Gasteiger partial charge in [-0.05, 0) is 49.8 Å². The summed E-state index contributed by atoms with van der Waals surface area (Å²) in [5.74, 6) is -2.51. The van der Waals surface area contributed by atoms with E-state index in [1.165, 1.54) is 76.3 Å². The van der Waals surface area contributed by atoms with E-state index >= 15 is 0 Å². The number of rotatable bonds is 22. The number of nitrogens with one attached hydrogen (secondary N) is 2. The molecule has 0 unspecified atom stereocenters. The number of aliphatic carboxylic acids is 1. The Morgan fingerprint density at radius 3 is 1.90 bits per heavy atom. The number of phenols is 1. The summed E-state index contributed by atoms with van der Waals surface area (Å²) >= 11 is 0. The van der Waals surface area contributed by atoms with Gasteiger partial charge in [-0.15, -0.1) is 0 Å². The highest BCUT2D eigenvalue weighted by Gasteiger charge is 2.42. The van der Waals surface area contributed by atoms with Gasteiger partial charge in [-0.2, -0.15) is 0 Å². The molecule has 0 aromatic heterocycles. The van der Waals surface area contributed by atoms with Crippen LogP contribution in [0.4, 0.5) is 0 Å². The minimum absolute atomic E-state index is 0.00563. The molecular weight excluding hydrogens is 612 g/mol. The fourth-order valence-corrected chi connectivity index (χ4v) is 6.85. The molecule has 268 valence electrons. The quantitative estimate of drug-likeness (QED) is 0.125. The van der Waals surface area contributed by atoms with E-state index in [2.05, 4.69) is 17.6 Å². The smallest absolute Gasteiger partial charge is 0.326 e. The van der Waals surface area contributed by atoms with Crippen molar-refractivity contribution < 1.29 is 34.2 Å². The number of aromatic hydroxyl groups is 1. The standard InChI is InChI=1S/C37H58N4O7/c1-2-3-4-5-6-7-8-9-10-11-12-13-14-19-34(44)40-24-16-18-32(40)36(46)41-25-15-17-31(41)35(45)38-27-33(43)39-30(37(47)48)26-28-20-22-29(42)23-21-28/h20-23,30-32,42H,2-19,24-27H2,1H3,(H,38,45)(H,39,43)(H,47,48)/t30-,31-,32-/m0/s1. The zero-order valence-corrected chi connectivity index (χ0v) is 28.9. The Labute approximate surface area is 286 Å². The van der Waals surface area contributed by atoms with E-state index in [9.17, 15) is 34.2 Å². The molecule has 0 saturated carbocycles. The summed E-state index contributed by atoms with van der Waals surface area (Å²) < 4.78 is 0. The summed E-state index contributed by atoms with van der Waals surface area (Å²) in [5, 5.41) is 24.0. The zero-order chi connectivity index (χ0) is 34.7. The third-order valence-electron chi connectivity index (χ3n) is 9.62. The van der Waals surface area contributed by atoms with E-state index in [4.69, 9.17) is 0 Å². The summed E-state index contributed by atoms with van der Waals surface area (Å²) in [6.45, 7) is 2.78. The minimum atomic E-state index is -1.22. The molecule has 3 atom stereocenters. The van der Waals surface area contributed by atoms with E-state index in [1.54, 1.807) is 21.9 Å². The average molecular weight is 671 g/mol. The lowest BCUT2D eigenvalue weighted by Crippen LogP contribution is -2.54.